The smallest absolute Gasteiger partial charge is 0.244 e. The van der Waals surface area contributed by atoms with Crippen molar-refractivity contribution < 1.29 is 4.79 Å². The average Bonchev–Trinajstić information content (AvgIpc) is 3.32. The number of amides is 1. The van der Waals surface area contributed by atoms with Gasteiger partial charge in [0.05, 0.1) is 17.1 Å². The molecule has 1 aromatic carbocycles. The second kappa shape index (κ2) is 8.55. The molecule has 0 spiro atoms. The van der Waals surface area contributed by atoms with Crippen LogP contribution in [0.2, 0.25) is 0 Å². The van der Waals surface area contributed by atoms with E-state index >= 15 is 0 Å². The molecule has 1 amide bonds. The molecule has 0 radical (unpaired) electrons. The van der Waals surface area contributed by atoms with Gasteiger partial charge in [-0.15, -0.1) is 11.3 Å². The minimum Gasteiger partial charge on any atom is -0.375 e. The third-order valence-corrected chi connectivity index (χ3v) is 6.67. The highest BCUT2D eigenvalue weighted by Crippen LogP contribution is 2.27. The van der Waals surface area contributed by atoms with Gasteiger partial charge in [0.25, 0.3) is 0 Å². The van der Waals surface area contributed by atoms with E-state index in [1.165, 1.54) is 16.2 Å². The van der Waals surface area contributed by atoms with Crippen LogP contribution in [-0.4, -0.2) is 43.6 Å². The van der Waals surface area contributed by atoms with E-state index < -0.39 is 0 Å². The molecule has 8 heteroatoms. The maximum absolute atomic E-state index is 13.2. The van der Waals surface area contributed by atoms with E-state index in [9.17, 15) is 4.79 Å². The number of fused-ring (bicyclic) bond motifs is 1. The number of anilines is 1. The molecule has 0 bridgehead atoms. The van der Waals surface area contributed by atoms with Crippen LogP contribution in [-0.2, 0) is 24.2 Å². The van der Waals surface area contributed by atoms with Gasteiger partial charge < -0.3 is 10.6 Å². The summed E-state index contributed by atoms with van der Waals surface area (Å²) in [6, 6.07) is 16.0. The molecule has 0 fully saturated rings. The first-order valence-electron chi connectivity index (χ1n) is 10.6. The zero-order valence-electron chi connectivity index (χ0n) is 17.9. The molecule has 2 N–H and O–H groups in total. The first-order chi connectivity index (χ1) is 15.6. The van der Waals surface area contributed by atoms with Gasteiger partial charge in [0.15, 0.2) is 5.13 Å². The Bertz CT molecular complexity index is 1220. The van der Waals surface area contributed by atoms with Crippen molar-refractivity contribution in [2.24, 2.45) is 0 Å². The molecule has 32 heavy (non-hydrogen) atoms. The molecule has 0 saturated carbocycles. The van der Waals surface area contributed by atoms with Crippen molar-refractivity contribution in [1.29, 1.82) is 0 Å². The Morgan fingerprint density at radius 3 is 2.69 bits per heavy atom. The molecule has 3 aromatic heterocycles. The van der Waals surface area contributed by atoms with Gasteiger partial charge in [0.1, 0.15) is 12.2 Å². The molecule has 0 unspecified atom stereocenters. The van der Waals surface area contributed by atoms with Crippen LogP contribution in [0.1, 0.15) is 16.1 Å². The van der Waals surface area contributed by atoms with Crippen molar-refractivity contribution in [3.63, 3.8) is 0 Å². The molecule has 0 atom stereocenters. The number of carbonyl (C=O) groups excluding carboxylic acids is 1. The molecule has 7 nitrogen and oxygen atoms in total. The van der Waals surface area contributed by atoms with Gasteiger partial charge in [-0.1, -0.05) is 36.4 Å². The summed E-state index contributed by atoms with van der Waals surface area (Å²) in [5, 5.41) is 5.37. The molecule has 162 valence electrons. The van der Waals surface area contributed by atoms with Crippen LogP contribution >= 0.6 is 11.3 Å². The van der Waals surface area contributed by atoms with Crippen LogP contribution in [0.4, 0.5) is 5.13 Å². The topological polar surface area (TPSA) is 89.9 Å². The van der Waals surface area contributed by atoms with Crippen molar-refractivity contribution in [2.45, 2.75) is 26.3 Å². The van der Waals surface area contributed by atoms with E-state index in [1.54, 1.807) is 4.68 Å². The molecule has 1 aliphatic heterocycles. The third-order valence-electron chi connectivity index (χ3n) is 5.68. The molecular formula is C24H24N6OS. The number of rotatable bonds is 4. The predicted molar refractivity (Wildman–Crippen MR) is 126 cm³/mol. The SMILES string of the molecule is Cc1ccc(-c2cc(-c3ccccc3)n(CC(=O)N3CCc4nc(N)sc4CC3)n2)nc1. The molecule has 4 aromatic rings. The Morgan fingerprint density at radius 2 is 1.91 bits per heavy atom. The molecule has 5 rings (SSSR count). The number of aryl methyl sites for hydroxylation is 1. The van der Waals surface area contributed by atoms with E-state index in [0.29, 0.717) is 18.2 Å². The van der Waals surface area contributed by atoms with Crippen molar-refractivity contribution >= 4 is 22.4 Å². The van der Waals surface area contributed by atoms with Gasteiger partial charge in [-0.25, -0.2) is 4.98 Å². The lowest BCUT2D eigenvalue weighted by Gasteiger charge is -2.20. The Morgan fingerprint density at radius 1 is 1.09 bits per heavy atom. The number of nitrogen functional groups attached to an aromatic ring is 1. The van der Waals surface area contributed by atoms with Crippen molar-refractivity contribution in [3.05, 3.63) is 70.9 Å². The zero-order valence-corrected chi connectivity index (χ0v) is 18.7. The van der Waals surface area contributed by atoms with Crippen LogP contribution in [0, 0.1) is 6.92 Å². The summed E-state index contributed by atoms with van der Waals surface area (Å²) in [6.45, 7) is 3.50. The fourth-order valence-electron chi connectivity index (χ4n) is 3.98. The maximum Gasteiger partial charge on any atom is 0.244 e. The number of hydrogen-bond acceptors (Lipinski definition) is 6. The van der Waals surface area contributed by atoms with Crippen molar-refractivity contribution in [3.8, 4) is 22.6 Å². The van der Waals surface area contributed by atoms with E-state index in [0.717, 1.165) is 46.7 Å². The Balaban J connectivity index is 1.41. The van der Waals surface area contributed by atoms with Gasteiger partial charge in [-0.2, -0.15) is 5.10 Å². The number of aromatic nitrogens is 4. The lowest BCUT2D eigenvalue weighted by Crippen LogP contribution is -2.36. The minimum atomic E-state index is 0.0526. The number of carbonyl (C=O) groups is 1. The molecule has 4 heterocycles. The highest BCUT2D eigenvalue weighted by molar-refractivity contribution is 7.15. The summed E-state index contributed by atoms with van der Waals surface area (Å²) in [4.78, 5) is 25.3. The van der Waals surface area contributed by atoms with Gasteiger partial charge >= 0.3 is 0 Å². The highest BCUT2D eigenvalue weighted by Gasteiger charge is 2.23. The van der Waals surface area contributed by atoms with Gasteiger partial charge in [0.2, 0.25) is 5.91 Å². The second-order valence-electron chi connectivity index (χ2n) is 7.96. The second-order valence-corrected chi connectivity index (χ2v) is 9.08. The summed E-state index contributed by atoms with van der Waals surface area (Å²) >= 11 is 1.53. The average molecular weight is 445 g/mol. The van der Waals surface area contributed by atoms with Gasteiger partial charge in [0, 0.05) is 37.0 Å². The molecule has 0 aliphatic carbocycles. The molecule has 0 saturated heterocycles. The van der Waals surface area contributed by atoms with Crippen molar-refractivity contribution in [2.75, 3.05) is 18.8 Å². The summed E-state index contributed by atoms with van der Waals surface area (Å²) in [5.41, 5.74) is 11.4. The van der Waals surface area contributed by atoms with E-state index in [1.807, 2.05) is 66.6 Å². The number of nitrogens with two attached hydrogens (primary N) is 1. The Kier molecular flexibility index (Phi) is 5.45. The standard InChI is InChI=1S/C24H24N6OS/c1-16-7-8-18(26-14-16)20-13-21(17-5-3-2-4-6-17)30(28-20)15-23(31)29-11-9-19-22(10-12-29)32-24(25)27-19/h2-8,13-14H,9-12,15H2,1H3,(H2,25,27). The van der Waals surface area contributed by atoms with E-state index in [2.05, 4.69) is 9.97 Å². The first kappa shape index (κ1) is 20.4. The van der Waals surface area contributed by atoms with Crippen LogP contribution in [0.5, 0.6) is 0 Å². The number of thiazole rings is 1. The van der Waals surface area contributed by atoms with Crippen LogP contribution in [0.3, 0.4) is 0 Å². The maximum atomic E-state index is 13.2. The Labute approximate surface area is 190 Å². The largest absolute Gasteiger partial charge is 0.375 e. The number of hydrogen-bond donors (Lipinski definition) is 1. The summed E-state index contributed by atoms with van der Waals surface area (Å²) in [7, 11) is 0. The monoisotopic (exact) mass is 444 g/mol. The van der Waals surface area contributed by atoms with Crippen LogP contribution < -0.4 is 5.73 Å². The quantitative estimate of drug-likeness (QED) is 0.520. The van der Waals surface area contributed by atoms with Gasteiger partial charge in [-0.05, 0) is 30.2 Å². The lowest BCUT2D eigenvalue weighted by atomic mass is 10.1. The first-order valence-corrected chi connectivity index (χ1v) is 11.5. The predicted octanol–water partition coefficient (Wildman–Crippen LogP) is 3.59. The van der Waals surface area contributed by atoms with Crippen molar-refractivity contribution in [1.82, 2.24) is 24.6 Å². The third kappa shape index (κ3) is 4.13. The van der Waals surface area contributed by atoms with Crippen LogP contribution in [0.25, 0.3) is 22.6 Å². The summed E-state index contributed by atoms with van der Waals surface area (Å²) < 4.78 is 1.80. The zero-order chi connectivity index (χ0) is 22.1. The van der Waals surface area contributed by atoms with Crippen LogP contribution in [0.15, 0.2) is 54.7 Å². The minimum absolute atomic E-state index is 0.0526. The Hall–Kier alpha value is -3.52. The molecule has 1 aliphatic rings. The van der Waals surface area contributed by atoms with E-state index in [4.69, 9.17) is 10.8 Å². The lowest BCUT2D eigenvalue weighted by molar-refractivity contribution is -0.131. The fourth-order valence-corrected chi connectivity index (χ4v) is 4.85. The highest BCUT2D eigenvalue weighted by atomic mass is 32.1. The number of benzene rings is 1. The summed E-state index contributed by atoms with van der Waals surface area (Å²) in [5.74, 6) is 0.0526. The van der Waals surface area contributed by atoms with E-state index in [-0.39, 0.29) is 12.5 Å². The summed E-state index contributed by atoms with van der Waals surface area (Å²) in [6.07, 6.45) is 3.36. The fraction of sp³-hybridized carbons (Fsp3) is 0.250. The number of nitrogens with zero attached hydrogens (tertiary/aromatic N) is 5. The number of pyridine rings is 1. The normalized spacial score (nSPS) is 13.6. The van der Waals surface area contributed by atoms with Gasteiger partial charge in [-0.3, -0.25) is 14.5 Å². The molecular weight excluding hydrogens is 420 g/mol.